The van der Waals surface area contributed by atoms with Crippen LogP contribution in [0, 0.1) is 5.92 Å². The molecule has 1 N–H and O–H groups in total. The number of halogens is 1. The summed E-state index contributed by atoms with van der Waals surface area (Å²) in [5.74, 6) is 0.136. The molecule has 1 aromatic heterocycles. The second kappa shape index (κ2) is 8.87. The molecule has 0 unspecified atom stereocenters. The van der Waals surface area contributed by atoms with Crippen LogP contribution in [0.2, 0.25) is 5.02 Å². The van der Waals surface area contributed by atoms with Gasteiger partial charge in [-0.2, -0.15) is 0 Å². The highest BCUT2D eigenvalue weighted by atomic mass is 35.5. The van der Waals surface area contributed by atoms with Gasteiger partial charge in [-0.15, -0.1) is 11.3 Å². The zero-order valence-electron chi connectivity index (χ0n) is 15.5. The van der Waals surface area contributed by atoms with Crippen LogP contribution in [0.5, 0.6) is 0 Å². The summed E-state index contributed by atoms with van der Waals surface area (Å²) in [7, 11) is 1.34. The highest BCUT2D eigenvalue weighted by Gasteiger charge is 2.24. The fraction of sp³-hybridized carbons (Fsp3) is 0.400. The quantitative estimate of drug-likeness (QED) is 0.741. The summed E-state index contributed by atoms with van der Waals surface area (Å²) in [6, 6.07) is 7.23. The summed E-state index contributed by atoms with van der Waals surface area (Å²) in [6.45, 7) is 4.43. The summed E-state index contributed by atoms with van der Waals surface area (Å²) >= 11 is 7.28. The van der Waals surface area contributed by atoms with Gasteiger partial charge in [-0.1, -0.05) is 30.7 Å². The van der Waals surface area contributed by atoms with E-state index in [2.05, 4.69) is 17.1 Å². The summed E-state index contributed by atoms with van der Waals surface area (Å²) in [4.78, 5) is 27.0. The maximum absolute atomic E-state index is 12.5. The van der Waals surface area contributed by atoms with E-state index >= 15 is 0 Å². The summed E-state index contributed by atoms with van der Waals surface area (Å²) in [5, 5.41) is 5.89. The predicted molar refractivity (Wildman–Crippen MR) is 110 cm³/mol. The Hall–Kier alpha value is -1.89. The molecule has 5 nitrogen and oxygen atoms in total. The number of nitrogens with zero attached hydrogens (tertiary/aromatic N) is 1. The molecule has 2 aromatic rings. The third-order valence-corrected chi connectivity index (χ3v) is 5.98. The minimum absolute atomic E-state index is 0.112. The standard InChI is InChI=1S/C20H23ClN2O3S/c1-13-7-9-23(10-8-13)11-17(24)22-19-18(20(25)26-2)16(12-27-19)14-3-5-15(21)6-4-14/h3-6,12-13H,7-11H2,1-2H3,(H,22,24). The number of piperidine rings is 1. The van der Waals surface area contributed by atoms with Gasteiger partial charge in [0.2, 0.25) is 5.91 Å². The number of esters is 1. The van der Waals surface area contributed by atoms with Gasteiger partial charge in [0.15, 0.2) is 0 Å². The number of rotatable bonds is 5. The number of methoxy groups -OCH3 is 1. The molecule has 0 saturated carbocycles. The second-order valence-corrected chi connectivity index (χ2v) is 8.17. The Morgan fingerprint density at radius 2 is 1.93 bits per heavy atom. The minimum atomic E-state index is -0.469. The Bertz CT molecular complexity index is 811. The van der Waals surface area contributed by atoms with Crippen LogP contribution in [0.25, 0.3) is 11.1 Å². The van der Waals surface area contributed by atoms with Gasteiger partial charge in [0.25, 0.3) is 0 Å². The number of hydrogen-bond acceptors (Lipinski definition) is 5. The third kappa shape index (κ3) is 4.89. The number of anilines is 1. The lowest BCUT2D eigenvalue weighted by Gasteiger charge is -2.29. The fourth-order valence-electron chi connectivity index (χ4n) is 3.19. The molecule has 144 valence electrons. The van der Waals surface area contributed by atoms with Crippen LogP contribution in [-0.4, -0.2) is 43.5 Å². The molecule has 7 heteroatoms. The Morgan fingerprint density at radius 1 is 1.26 bits per heavy atom. The van der Waals surface area contributed by atoms with Crippen LogP contribution in [0.1, 0.15) is 30.1 Å². The maximum atomic E-state index is 12.5. The molecule has 1 aliphatic heterocycles. The van der Waals surface area contributed by atoms with Gasteiger partial charge in [-0.05, 0) is 49.5 Å². The van der Waals surface area contributed by atoms with Crippen LogP contribution in [0.4, 0.5) is 5.00 Å². The van der Waals surface area contributed by atoms with Gasteiger partial charge in [0, 0.05) is 16.0 Å². The molecular formula is C20H23ClN2O3S. The lowest BCUT2D eigenvalue weighted by molar-refractivity contribution is -0.117. The molecule has 0 aliphatic carbocycles. The average Bonchev–Trinajstić information content (AvgIpc) is 3.07. The first-order chi connectivity index (χ1) is 13.0. The number of carbonyl (C=O) groups excluding carboxylic acids is 2. The van der Waals surface area contributed by atoms with E-state index in [-0.39, 0.29) is 5.91 Å². The van der Waals surface area contributed by atoms with Crippen molar-refractivity contribution in [1.29, 1.82) is 0 Å². The van der Waals surface area contributed by atoms with E-state index < -0.39 is 5.97 Å². The third-order valence-electron chi connectivity index (χ3n) is 4.83. The molecule has 0 bridgehead atoms. The first-order valence-corrected chi connectivity index (χ1v) is 10.2. The SMILES string of the molecule is COC(=O)c1c(-c2ccc(Cl)cc2)csc1NC(=O)CN1CCC(C)CC1. The smallest absolute Gasteiger partial charge is 0.341 e. The van der Waals surface area contributed by atoms with E-state index in [0.717, 1.165) is 43.0 Å². The maximum Gasteiger partial charge on any atom is 0.341 e. The summed E-state index contributed by atoms with van der Waals surface area (Å²) < 4.78 is 4.94. The highest BCUT2D eigenvalue weighted by Crippen LogP contribution is 2.36. The van der Waals surface area contributed by atoms with E-state index in [1.807, 2.05) is 17.5 Å². The first kappa shape index (κ1) is 19.9. The molecular weight excluding hydrogens is 384 g/mol. The Labute approximate surface area is 168 Å². The van der Waals surface area contributed by atoms with Gasteiger partial charge in [0.05, 0.1) is 13.7 Å². The normalized spacial score (nSPS) is 15.5. The molecule has 0 spiro atoms. The van der Waals surface area contributed by atoms with Crippen molar-refractivity contribution in [1.82, 2.24) is 4.90 Å². The van der Waals surface area contributed by atoms with Crippen molar-refractivity contribution in [3.05, 3.63) is 40.2 Å². The lowest BCUT2D eigenvalue weighted by atomic mass is 9.99. The van der Waals surface area contributed by atoms with Gasteiger partial charge >= 0.3 is 5.97 Å². The first-order valence-electron chi connectivity index (χ1n) is 8.96. The lowest BCUT2D eigenvalue weighted by Crippen LogP contribution is -2.38. The topological polar surface area (TPSA) is 58.6 Å². The van der Waals surface area contributed by atoms with Crippen LogP contribution in [-0.2, 0) is 9.53 Å². The van der Waals surface area contributed by atoms with E-state index in [1.54, 1.807) is 12.1 Å². The number of thiophene rings is 1. The molecule has 1 aromatic carbocycles. The number of nitrogens with one attached hydrogen (secondary N) is 1. The molecule has 2 heterocycles. The Morgan fingerprint density at radius 3 is 2.56 bits per heavy atom. The van der Waals surface area contributed by atoms with E-state index in [4.69, 9.17) is 16.3 Å². The zero-order valence-corrected chi connectivity index (χ0v) is 17.0. The molecule has 0 atom stereocenters. The van der Waals surface area contributed by atoms with Crippen LogP contribution in [0.3, 0.4) is 0 Å². The van der Waals surface area contributed by atoms with Crippen molar-refractivity contribution in [3.63, 3.8) is 0 Å². The second-order valence-electron chi connectivity index (χ2n) is 6.86. The number of likely N-dealkylation sites (tertiary alicyclic amines) is 1. The fourth-order valence-corrected chi connectivity index (χ4v) is 4.29. The van der Waals surface area contributed by atoms with E-state index in [0.29, 0.717) is 22.1 Å². The van der Waals surface area contributed by atoms with E-state index in [9.17, 15) is 9.59 Å². The molecule has 1 saturated heterocycles. The average molecular weight is 407 g/mol. The molecule has 1 amide bonds. The highest BCUT2D eigenvalue weighted by molar-refractivity contribution is 7.15. The summed E-state index contributed by atoms with van der Waals surface area (Å²) in [6.07, 6.45) is 2.22. The number of benzene rings is 1. The van der Waals surface area contributed by atoms with Crippen molar-refractivity contribution in [2.24, 2.45) is 5.92 Å². The van der Waals surface area contributed by atoms with Gasteiger partial charge in [-0.25, -0.2) is 4.79 Å². The predicted octanol–water partition coefficient (Wildman–Crippen LogP) is 4.53. The Kier molecular flexibility index (Phi) is 6.52. The molecule has 0 radical (unpaired) electrons. The number of hydrogen-bond donors (Lipinski definition) is 1. The number of ether oxygens (including phenoxy) is 1. The Balaban J connectivity index is 1.77. The zero-order chi connectivity index (χ0) is 19.4. The number of amides is 1. The van der Waals surface area contributed by atoms with Gasteiger partial charge in [0.1, 0.15) is 10.6 Å². The van der Waals surface area contributed by atoms with E-state index in [1.165, 1.54) is 18.4 Å². The van der Waals surface area contributed by atoms with Crippen molar-refractivity contribution in [2.45, 2.75) is 19.8 Å². The monoisotopic (exact) mass is 406 g/mol. The van der Waals surface area contributed by atoms with Crippen molar-refractivity contribution < 1.29 is 14.3 Å². The molecule has 3 rings (SSSR count). The van der Waals surface area contributed by atoms with Crippen LogP contribution >= 0.6 is 22.9 Å². The minimum Gasteiger partial charge on any atom is -0.465 e. The largest absolute Gasteiger partial charge is 0.465 e. The number of carbonyl (C=O) groups is 2. The molecule has 1 fully saturated rings. The summed E-state index contributed by atoms with van der Waals surface area (Å²) in [5.41, 5.74) is 1.96. The van der Waals surface area contributed by atoms with Crippen molar-refractivity contribution in [3.8, 4) is 11.1 Å². The van der Waals surface area contributed by atoms with Crippen molar-refractivity contribution in [2.75, 3.05) is 32.1 Å². The van der Waals surface area contributed by atoms with Gasteiger partial charge < -0.3 is 10.1 Å². The molecule has 27 heavy (non-hydrogen) atoms. The molecule has 1 aliphatic rings. The van der Waals surface area contributed by atoms with Crippen molar-refractivity contribution >= 4 is 39.8 Å². The van der Waals surface area contributed by atoms with Crippen LogP contribution < -0.4 is 5.32 Å². The van der Waals surface area contributed by atoms with Crippen LogP contribution in [0.15, 0.2) is 29.6 Å². The van der Waals surface area contributed by atoms with Gasteiger partial charge in [-0.3, -0.25) is 9.69 Å².